The Hall–Kier alpha value is 0.177. The van der Waals surface area contributed by atoms with Gasteiger partial charge in [-0.05, 0) is 5.54 Å². The summed E-state index contributed by atoms with van der Waals surface area (Å²) in [6.07, 6.45) is 4.31. The fourth-order valence-corrected chi connectivity index (χ4v) is 2.49. The summed E-state index contributed by atoms with van der Waals surface area (Å²) in [6.45, 7) is 2.24. The second kappa shape index (κ2) is 1.97. The second-order valence-corrected chi connectivity index (χ2v) is 5.21. The highest BCUT2D eigenvalue weighted by Crippen LogP contribution is 2.32. The van der Waals surface area contributed by atoms with E-state index < -0.39 is 8.96 Å². The van der Waals surface area contributed by atoms with E-state index in [2.05, 4.69) is 6.55 Å². The summed E-state index contributed by atoms with van der Waals surface area (Å²) in [5.41, 5.74) is 1.000. The summed E-state index contributed by atoms with van der Waals surface area (Å²) in [5.74, 6) is 0. The Morgan fingerprint density at radius 2 is 2.14 bits per heavy atom. The molecule has 0 radical (unpaired) electrons. The zero-order valence-corrected chi connectivity index (χ0v) is 6.01. The molecule has 1 saturated carbocycles. The van der Waals surface area contributed by atoms with E-state index in [0.29, 0.717) is 0 Å². The van der Waals surface area contributed by atoms with Gasteiger partial charge in [-0.3, -0.25) is 0 Å². The molecule has 42 valence electrons. The van der Waals surface area contributed by atoms with Crippen molar-refractivity contribution in [3.05, 3.63) is 0 Å². The predicted molar refractivity (Wildman–Crippen MR) is 34.8 cm³/mol. The van der Waals surface area contributed by atoms with Crippen LogP contribution in [0.25, 0.3) is 0 Å². The molecule has 1 atom stereocenters. The molecule has 0 bridgehead atoms. The fourth-order valence-electron chi connectivity index (χ4n) is 0.966. The van der Waals surface area contributed by atoms with Gasteiger partial charge in [-0.15, -0.1) is 0 Å². The summed E-state index contributed by atoms with van der Waals surface area (Å²) in [7, 11) is -0.678. The van der Waals surface area contributed by atoms with Crippen LogP contribution in [0, 0.1) is 0 Å². The van der Waals surface area contributed by atoms with Gasteiger partial charge in [-0.25, -0.2) is 0 Å². The molecule has 1 rings (SSSR count). The van der Waals surface area contributed by atoms with Gasteiger partial charge in [0.1, 0.15) is 8.96 Å². The standard InChI is InChI=1S/C5H13NSi/c1-7(6)5-3-2-4-5/h5,7H,2-4,6H2,1H3/t7-/m0/s1. The van der Waals surface area contributed by atoms with Crippen LogP contribution in [-0.2, 0) is 0 Å². The molecule has 0 heterocycles. The first kappa shape index (κ1) is 5.32. The molecule has 0 unspecified atom stereocenters. The van der Waals surface area contributed by atoms with E-state index in [1.807, 2.05) is 0 Å². The van der Waals surface area contributed by atoms with Crippen molar-refractivity contribution in [2.45, 2.75) is 31.4 Å². The highest BCUT2D eigenvalue weighted by molar-refractivity contribution is 6.55. The third-order valence-electron chi connectivity index (χ3n) is 1.89. The lowest BCUT2D eigenvalue weighted by atomic mass is 10.00. The van der Waals surface area contributed by atoms with Crippen molar-refractivity contribution in [2.75, 3.05) is 0 Å². The molecule has 0 amide bonds. The third kappa shape index (κ3) is 1.04. The third-order valence-corrected chi connectivity index (χ3v) is 4.05. The van der Waals surface area contributed by atoms with Crippen molar-refractivity contribution in [2.24, 2.45) is 5.40 Å². The maximum atomic E-state index is 5.74. The minimum atomic E-state index is -0.678. The topological polar surface area (TPSA) is 26.0 Å². The van der Waals surface area contributed by atoms with E-state index >= 15 is 0 Å². The number of hydrogen-bond acceptors (Lipinski definition) is 1. The molecule has 2 N–H and O–H groups in total. The Morgan fingerprint density at radius 1 is 1.57 bits per heavy atom. The molecule has 0 spiro atoms. The molecule has 1 aliphatic rings. The lowest BCUT2D eigenvalue weighted by Gasteiger charge is -2.27. The van der Waals surface area contributed by atoms with Gasteiger partial charge < -0.3 is 5.40 Å². The molecule has 0 aromatic heterocycles. The molecule has 1 aliphatic carbocycles. The molecule has 0 aliphatic heterocycles. The van der Waals surface area contributed by atoms with Gasteiger partial charge in [-0.2, -0.15) is 0 Å². The van der Waals surface area contributed by atoms with Crippen LogP contribution in [-0.4, -0.2) is 8.96 Å². The van der Waals surface area contributed by atoms with Gasteiger partial charge in [0, 0.05) is 0 Å². The van der Waals surface area contributed by atoms with Crippen molar-refractivity contribution < 1.29 is 0 Å². The summed E-state index contributed by atoms with van der Waals surface area (Å²) in [4.78, 5) is 0. The van der Waals surface area contributed by atoms with Crippen molar-refractivity contribution in [1.29, 1.82) is 0 Å². The number of rotatable bonds is 1. The maximum Gasteiger partial charge on any atom is 0.106 e. The van der Waals surface area contributed by atoms with E-state index in [1.54, 1.807) is 0 Å². The normalized spacial score (nSPS) is 26.6. The van der Waals surface area contributed by atoms with E-state index in [9.17, 15) is 0 Å². The van der Waals surface area contributed by atoms with Crippen LogP contribution in [0.4, 0.5) is 0 Å². The Bertz CT molecular complexity index is 59.1. The minimum absolute atomic E-state index is 0.678. The van der Waals surface area contributed by atoms with Crippen molar-refractivity contribution in [1.82, 2.24) is 0 Å². The highest BCUT2D eigenvalue weighted by Gasteiger charge is 2.21. The lowest BCUT2D eigenvalue weighted by Crippen LogP contribution is -2.31. The van der Waals surface area contributed by atoms with Gasteiger partial charge >= 0.3 is 0 Å². The Morgan fingerprint density at radius 3 is 2.14 bits per heavy atom. The fraction of sp³-hybridized carbons (Fsp3) is 1.00. The second-order valence-electron chi connectivity index (χ2n) is 2.55. The molecule has 7 heavy (non-hydrogen) atoms. The highest BCUT2D eigenvalue weighted by atomic mass is 28.3. The molecule has 0 aromatic carbocycles. The first-order chi connectivity index (χ1) is 3.30. The Balaban J connectivity index is 2.14. The largest absolute Gasteiger partial charge is 0.353 e. The van der Waals surface area contributed by atoms with E-state index in [1.165, 1.54) is 19.3 Å². The minimum Gasteiger partial charge on any atom is -0.353 e. The zero-order valence-electron chi connectivity index (χ0n) is 4.85. The van der Waals surface area contributed by atoms with Crippen LogP contribution >= 0.6 is 0 Å². The number of hydrogen-bond donors (Lipinski definition) is 1. The van der Waals surface area contributed by atoms with Gasteiger partial charge in [0.05, 0.1) is 0 Å². The summed E-state index contributed by atoms with van der Waals surface area (Å²) < 4.78 is 0. The Labute approximate surface area is 46.6 Å². The van der Waals surface area contributed by atoms with Gasteiger partial charge in [-0.1, -0.05) is 25.8 Å². The van der Waals surface area contributed by atoms with Crippen LogP contribution in [0.15, 0.2) is 0 Å². The maximum absolute atomic E-state index is 5.74. The van der Waals surface area contributed by atoms with Crippen LogP contribution in [0.2, 0.25) is 12.1 Å². The molecular weight excluding hydrogens is 102 g/mol. The molecule has 1 nitrogen and oxygen atoms in total. The van der Waals surface area contributed by atoms with E-state index in [-0.39, 0.29) is 0 Å². The van der Waals surface area contributed by atoms with Gasteiger partial charge in [0.25, 0.3) is 0 Å². The lowest BCUT2D eigenvalue weighted by molar-refractivity contribution is 0.493. The zero-order chi connectivity index (χ0) is 5.28. The van der Waals surface area contributed by atoms with Gasteiger partial charge in [0.2, 0.25) is 0 Å². The molecular formula is C5H13NSi. The number of nitrogens with two attached hydrogens (primary N) is 1. The van der Waals surface area contributed by atoms with E-state index in [0.717, 1.165) is 5.54 Å². The van der Waals surface area contributed by atoms with Gasteiger partial charge in [0.15, 0.2) is 0 Å². The first-order valence-corrected chi connectivity index (χ1v) is 5.55. The molecule has 0 saturated heterocycles. The van der Waals surface area contributed by atoms with Crippen molar-refractivity contribution in [3.8, 4) is 0 Å². The van der Waals surface area contributed by atoms with Crippen LogP contribution in [0.5, 0.6) is 0 Å². The van der Waals surface area contributed by atoms with Crippen LogP contribution in [0.1, 0.15) is 19.3 Å². The van der Waals surface area contributed by atoms with Crippen molar-refractivity contribution >= 4 is 8.96 Å². The summed E-state index contributed by atoms with van der Waals surface area (Å²) in [6, 6.07) is 0. The first-order valence-electron chi connectivity index (χ1n) is 3.06. The van der Waals surface area contributed by atoms with Crippen LogP contribution in [0.3, 0.4) is 0 Å². The quantitative estimate of drug-likeness (QED) is 0.504. The average molecular weight is 115 g/mol. The van der Waals surface area contributed by atoms with Crippen LogP contribution < -0.4 is 5.40 Å². The van der Waals surface area contributed by atoms with E-state index in [4.69, 9.17) is 5.40 Å². The smallest absolute Gasteiger partial charge is 0.106 e. The molecule has 2 heteroatoms. The average Bonchev–Trinajstić information content (AvgIpc) is 1.23. The van der Waals surface area contributed by atoms with Crippen molar-refractivity contribution in [3.63, 3.8) is 0 Å². The Kier molecular flexibility index (Phi) is 1.49. The monoisotopic (exact) mass is 115 g/mol. The summed E-state index contributed by atoms with van der Waals surface area (Å²) >= 11 is 0. The molecule has 1 fully saturated rings. The predicted octanol–water partition coefficient (Wildman–Crippen LogP) is 0.853. The summed E-state index contributed by atoms with van der Waals surface area (Å²) in [5, 5.41) is 5.74. The SMILES string of the molecule is C[Si@H](N)C1CCC1. The molecule has 0 aromatic rings.